The minimum Gasteiger partial charge on any atom is -0.469 e. The molecule has 0 spiro atoms. The van der Waals surface area contributed by atoms with Crippen LogP contribution < -0.4 is 4.74 Å². The van der Waals surface area contributed by atoms with Crippen molar-refractivity contribution < 1.29 is 22.3 Å². The Morgan fingerprint density at radius 2 is 1.50 bits per heavy atom. The van der Waals surface area contributed by atoms with Gasteiger partial charge in [0.15, 0.2) is 24.2 Å². The molecule has 130 valence electrons. The molecule has 0 aliphatic rings. The van der Waals surface area contributed by atoms with Crippen molar-refractivity contribution in [2.45, 2.75) is 13.8 Å². The van der Waals surface area contributed by atoms with E-state index in [1.165, 1.54) is 0 Å². The van der Waals surface area contributed by atoms with E-state index < -0.39 is 27.4 Å². The number of halogens is 3. The van der Waals surface area contributed by atoms with E-state index in [-0.39, 0.29) is 12.4 Å². The maximum Gasteiger partial charge on any atom is 0.243 e. The Kier molecular flexibility index (Phi) is 6.83. The first kappa shape index (κ1) is 18.5. The number of nitrogens with zero attached hydrogens (tertiary/aromatic N) is 1. The lowest BCUT2D eigenvalue weighted by Gasteiger charge is -2.17. The summed E-state index contributed by atoms with van der Waals surface area (Å²) in [4.78, 5) is 0. The average molecular weight is 355 g/mol. The minimum absolute atomic E-state index is 0.169. The topological polar surface area (TPSA) is 21.7 Å². The van der Waals surface area contributed by atoms with Gasteiger partial charge in [-0.05, 0) is 48.5 Å². The summed E-state index contributed by atoms with van der Waals surface area (Å²) in [7, 11) is -0.764. The second kappa shape index (κ2) is 8.86. The highest BCUT2D eigenvalue weighted by Gasteiger charge is 2.11. The summed E-state index contributed by atoms with van der Waals surface area (Å²) in [5.74, 6) is -3.29. The molecule has 0 aliphatic heterocycles. The van der Waals surface area contributed by atoms with Gasteiger partial charge in [-0.2, -0.15) is 0 Å². The summed E-state index contributed by atoms with van der Waals surface area (Å²) in [6.07, 6.45) is 0. The molecule has 0 aliphatic carbocycles. The van der Waals surface area contributed by atoms with Crippen LogP contribution in [0.3, 0.4) is 0 Å². The van der Waals surface area contributed by atoms with Gasteiger partial charge in [0, 0.05) is 0 Å². The van der Waals surface area contributed by atoms with Gasteiger partial charge in [-0.15, -0.1) is 0 Å². The molecule has 3 nitrogen and oxygen atoms in total. The molecule has 0 amide bonds. The number of ether oxygens (including phenoxy) is 1. The highest BCUT2D eigenvalue weighted by molar-refractivity contribution is 6.23. The fourth-order valence-corrected chi connectivity index (χ4v) is 2.93. The first-order chi connectivity index (χ1) is 11.5. The van der Waals surface area contributed by atoms with Crippen molar-refractivity contribution in [1.82, 2.24) is 4.57 Å². The van der Waals surface area contributed by atoms with Crippen molar-refractivity contribution in [1.29, 1.82) is 0 Å². The van der Waals surface area contributed by atoms with Gasteiger partial charge < -0.3 is 13.7 Å². The van der Waals surface area contributed by atoms with E-state index >= 15 is 0 Å². The van der Waals surface area contributed by atoms with Crippen LogP contribution in [0.2, 0.25) is 0 Å². The van der Waals surface area contributed by atoms with Crippen molar-refractivity contribution in [2.24, 2.45) is 0 Å². The quantitative estimate of drug-likeness (QED) is 0.313. The lowest BCUT2D eigenvalue weighted by Crippen LogP contribution is -2.30. The van der Waals surface area contributed by atoms with Crippen molar-refractivity contribution in [3.05, 3.63) is 53.8 Å². The highest BCUT2D eigenvalue weighted by atomic mass is 28.2. The third-order valence-electron chi connectivity index (χ3n) is 3.65. The Hall–Kier alpha value is -1.83. The zero-order valence-corrected chi connectivity index (χ0v) is 15.1. The molecule has 2 aromatic carbocycles. The first-order valence-corrected chi connectivity index (χ1v) is 8.94. The van der Waals surface area contributed by atoms with Crippen LogP contribution in [0.5, 0.6) is 5.75 Å². The summed E-state index contributed by atoms with van der Waals surface area (Å²) in [5, 5.41) is 0. The summed E-state index contributed by atoms with van der Waals surface area (Å²) >= 11 is 0. The van der Waals surface area contributed by atoms with Crippen molar-refractivity contribution in [3.63, 3.8) is 0 Å². The van der Waals surface area contributed by atoms with Gasteiger partial charge in [-0.1, -0.05) is 26.0 Å². The third-order valence-corrected chi connectivity index (χ3v) is 5.26. The van der Waals surface area contributed by atoms with Crippen LogP contribution in [0.4, 0.5) is 13.2 Å². The molecular weight excluding hydrogens is 335 g/mol. The first-order valence-electron chi connectivity index (χ1n) is 7.73. The van der Waals surface area contributed by atoms with Gasteiger partial charge in [0.1, 0.15) is 5.75 Å². The van der Waals surface area contributed by atoms with Crippen LogP contribution in [-0.2, 0) is 4.43 Å². The molecular formula is C17H20F3NO2Si. The fraction of sp³-hybridized carbons (Fsp3) is 0.294. The molecule has 0 radical (unpaired) electrons. The van der Waals surface area contributed by atoms with Gasteiger partial charge in [-0.25, -0.2) is 13.2 Å². The number of rotatable bonds is 8. The molecule has 0 atom stereocenters. The number of hydrogen-bond donors (Lipinski definition) is 0. The van der Waals surface area contributed by atoms with Crippen molar-refractivity contribution in [3.8, 4) is 16.9 Å². The van der Waals surface area contributed by atoms with Gasteiger partial charge in [0.05, 0.1) is 0 Å². The largest absolute Gasteiger partial charge is 0.469 e. The molecule has 0 unspecified atom stereocenters. The van der Waals surface area contributed by atoms with Gasteiger partial charge in [-0.3, -0.25) is 0 Å². The lowest BCUT2D eigenvalue weighted by atomic mass is 10.1. The molecule has 0 saturated heterocycles. The zero-order valence-electron chi connectivity index (χ0n) is 13.7. The minimum atomic E-state index is -1.46. The summed E-state index contributed by atoms with van der Waals surface area (Å²) < 4.78 is 52.8. The molecule has 0 fully saturated rings. The van der Waals surface area contributed by atoms with Gasteiger partial charge in [0.2, 0.25) is 9.92 Å². The lowest BCUT2D eigenvalue weighted by molar-refractivity contribution is 0.113. The summed E-state index contributed by atoms with van der Waals surface area (Å²) in [6, 6.07) is 8.60. The summed E-state index contributed by atoms with van der Waals surface area (Å²) in [6.45, 7) is 6.26. The molecule has 0 bridgehead atoms. The molecule has 7 heteroatoms. The molecule has 0 heterocycles. The van der Waals surface area contributed by atoms with Crippen LogP contribution >= 0.6 is 0 Å². The SMILES string of the molecule is CCN(CC)[SiH2]OCOc1ccc(-c2cc(F)c(F)c(F)c2)cc1. The van der Waals surface area contributed by atoms with Crippen molar-refractivity contribution >= 4 is 9.92 Å². The monoisotopic (exact) mass is 355 g/mol. The van der Waals surface area contributed by atoms with Crippen LogP contribution in [0.1, 0.15) is 13.8 Å². The van der Waals surface area contributed by atoms with Gasteiger partial charge >= 0.3 is 0 Å². The van der Waals surface area contributed by atoms with E-state index in [1.807, 2.05) is 0 Å². The molecule has 0 N–H and O–H groups in total. The van der Waals surface area contributed by atoms with E-state index in [0.29, 0.717) is 11.3 Å². The van der Waals surface area contributed by atoms with E-state index in [2.05, 4.69) is 18.4 Å². The van der Waals surface area contributed by atoms with Crippen LogP contribution in [-0.4, -0.2) is 34.4 Å². The van der Waals surface area contributed by atoms with E-state index in [9.17, 15) is 13.2 Å². The zero-order chi connectivity index (χ0) is 17.5. The van der Waals surface area contributed by atoms with Crippen LogP contribution in [0, 0.1) is 17.5 Å². The van der Waals surface area contributed by atoms with Crippen LogP contribution in [0.25, 0.3) is 11.1 Å². The number of benzene rings is 2. The van der Waals surface area contributed by atoms with Crippen LogP contribution in [0.15, 0.2) is 36.4 Å². The Labute approximate surface area is 142 Å². The molecule has 0 aromatic heterocycles. The van der Waals surface area contributed by atoms with Crippen molar-refractivity contribution in [2.75, 3.05) is 19.9 Å². The Bertz CT molecular complexity index is 640. The average Bonchev–Trinajstić information content (AvgIpc) is 2.60. The highest BCUT2D eigenvalue weighted by Crippen LogP contribution is 2.25. The van der Waals surface area contributed by atoms with Gasteiger partial charge in [0.25, 0.3) is 0 Å². The second-order valence-electron chi connectivity index (χ2n) is 5.18. The van der Waals surface area contributed by atoms with E-state index in [4.69, 9.17) is 9.16 Å². The molecule has 2 rings (SSSR count). The standard InChI is InChI=1S/C17H20F3NO2Si/c1-3-21(4-2)24-23-11-22-14-7-5-12(6-8-14)13-9-15(18)17(20)16(19)10-13/h5-10H,3-4,11,24H2,1-2H3. The normalized spacial score (nSPS) is 11.6. The number of hydrogen-bond acceptors (Lipinski definition) is 3. The smallest absolute Gasteiger partial charge is 0.243 e. The maximum atomic E-state index is 13.3. The third kappa shape index (κ3) is 4.83. The second-order valence-corrected chi connectivity index (χ2v) is 6.74. The maximum absolute atomic E-state index is 13.3. The van der Waals surface area contributed by atoms with E-state index in [1.54, 1.807) is 24.3 Å². The Morgan fingerprint density at radius 1 is 0.917 bits per heavy atom. The molecule has 0 saturated carbocycles. The predicted octanol–water partition coefficient (Wildman–Crippen LogP) is 3.46. The molecule has 2 aromatic rings. The van der Waals surface area contributed by atoms with E-state index in [0.717, 1.165) is 25.2 Å². The Balaban J connectivity index is 1.94. The fourth-order valence-electron chi connectivity index (χ4n) is 2.15. The summed E-state index contributed by atoms with van der Waals surface area (Å²) in [5.41, 5.74) is 0.835. The predicted molar refractivity (Wildman–Crippen MR) is 89.8 cm³/mol. The Morgan fingerprint density at radius 3 is 2.04 bits per heavy atom. The molecule has 24 heavy (non-hydrogen) atoms.